The van der Waals surface area contributed by atoms with E-state index in [-0.39, 0.29) is 5.82 Å². The normalized spacial score (nSPS) is 10.4. The van der Waals surface area contributed by atoms with Gasteiger partial charge in [-0.15, -0.1) is 0 Å². The first kappa shape index (κ1) is 12.8. The summed E-state index contributed by atoms with van der Waals surface area (Å²) in [6, 6.07) is 7.09. The van der Waals surface area contributed by atoms with Gasteiger partial charge in [0.2, 0.25) is 0 Å². The molecule has 0 aromatic heterocycles. The van der Waals surface area contributed by atoms with E-state index in [0.717, 1.165) is 5.56 Å². The van der Waals surface area contributed by atoms with E-state index in [4.69, 9.17) is 5.73 Å². The number of rotatable bonds is 2. The molecule has 0 fully saturated rings. The summed E-state index contributed by atoms with van der Waals surface area (Å²) in [5.41, 5.74) is 8.05. The zero-order valence-corrected chi connectivity index (χ0v) is 11.2. The molecule has 18 heavy (non-hydrogen) atoms. The molecule has 0 saturated carbocycles. The van der Waals surface area contributed by atoms with E-state index in [0.29, 0.717) is 21.5 Å². The Labute approximate surface area is 112 Å². The maximum Gasteiger partial charge on any atom is 0.139 e. The van der Waals surface area contributed by atoms with Crippen LogP contribution in [0.5, 0.6) is 0 Å². The summed E-state index contributed by atoms with van der Waals surface area (Å²) in [5, 5.41) is 2.98. The molecule has 0 aliphatic rings. The smallest absolute Gasteiger partial charge is 0.139 e. The molecular weight excluding hydrogens is 302 g/mol. The monoisotopic (exact) mass is 312 g/mol. The van der Waals surface area contributed by atoms with Gasteiger partial charge in [0.25, 0.3) is 0 Å². The van der Waals surface area contributed by atoms with Gasteiger partial charge in [0.15, 0.2) is 0 Å². The molecule has 2 nitrogen and oxygen atoms in total. The van der Waals surface area contributed by atoms with Crippen molar-refractivity contribution in [3.05, 3.63) is 52.0 Å². The number of nitrogens with two attached hydrogens (primary N) is 1. The zero-order chi connectivity index (χ0) is 13.3. The summed E-state index contributed by atoms with van der Waals surface area (Å²) in [7, 11) is 0. The Kier molecular flexibility index (Phi) is 3.52. The second-order valence-electron chi connectivity index (χ2n) is 3.94. The summed E-state index contributed by atoms with van der Waals surface area (Å²) in [5.74, 6) is -0.723. The molecule has 94 valence electrons. The van der Waals surface area contributed by atoms with Gasteiger partial charge in [-0.05, 0) is 52.7 Å². The van der Waals surface area contributed by atoms with Gasteiger partial charge in [0.05, 0.1) is 15.8 Å². The van der Waals surface area contributed by atoms with Gasteiger partial charge in [-0.3, -0.25) is 0 Å². The van der Waals surface area contributed by atoms with Crippen LogP contribution in [0.1, 0.15) is 5.56 Å². The van der Waals surface area contributed by atoms with E-state index in [1.807, 2.05) is 0 Å². The second-order valence-corrected chi connectivity index (χ2v) is 4.79. The number of benzene rings is 2. The summed E-state index contributed by atoms with van der Waals surface area (Å²) in [6.45, 7) is 1.76. The maximum atomic E-state index is 13.4. The van der Waals surface area contributed by atoms with Crippen LogP contribution >= 0.6 is 15.9 Å². The molecule has 0 amide bonds. The highest BCUT2D eigenvalue weighted by Gasteiger charge is 2.07. The molecule has 0 aliphatic carbocycles. The van der Waals surface area contributed by atoms with Crippen LogP contribution in [0.3, 0.4) is 0 Å². The minimum absolute atomic E-state index is 0.307. The van der Waals surface area contributed by atoms with Crippen molar-refractivity contribution in [1.29, 1.82) is 0 Å². The van der Waals surface area contributed by atoms with Crippen LogP contribution < -0.4 is 11.1 Å². The molecule has 0 heterocycles. The van der Waals surface area contributed by atoms with Crippen molar-refractivity contribution in [3.63, 3.8) is 0 Å². The van der Waals surface area contributed by atoms with Crippen LogP contribution in [0.15, 0.2) is 34.8 Å². The van der Waals surface area contributed by atoms with Gasteiger partial charge in [-0.2, -0.15) is 0 Å². The van der Waals surface area contributed by atoms with Crippen molar-refractivity contribution in [2.75, 3.05) is 11.1 Å². The molecule has 0 unspecified atom stereocenters. The molecule has 5 heteroatoms. The first-order valence-electron chi connectivity index (χ1n) is 5.25. The predicted octanol–water partition coefficient (Wildman–Crippen LogP) is 4.36. The van der Waals surface area contributed by atoms with E-state index in [2.05, 4.69) is 21.2 Å². The van der Waals surface area contributed by atoms with Gasteiger partial charge in [0, 0.05) is 11.8 Å². The molecule has 2 aromatic rings. The molecule has 2 rings (SSSR count). The summed E-state index contributed by atoms with van der Waals surface area (Å²) in [4.78, 5) is 0. The third kappa shape index (κ3) is 2.61. The van der Waals surface area contributed by atoms with Crippen LogP contribution in [0, 0.1) is 18.6 Å². The maximum absolute atomic E-state index is 13.4. The number of nitrogens with one attached hydrogen (secondary N) is 1. The topological polar surface area (TPSA) is 38.0 Å². The molecule has 0 spiro atoms. The fourth-order valence-electron chi connectivity index (χ4n) is 1.58. The Bertz CT molecular complexity index is 600. The average molecular weight is 313 g/mol. The van der Waals surface area contributed by atoms with E-state index in [9.17, 15) is 8.78 Å². The van der Waals surface area contributed by atoms with Gasteiger partial charge in [-0.25, -0.2) is 8.78 Å². The Morgan fingerprint density at radius 3 is 2.50 bits per heavy atom. The minimum Gasteiger partial charge on any atom is -0.397 e. The quantitative estimate of drug-likeness (QED) is 0.808. The predicted molar refractivity (Wildman–Crippen MR) is 72.9 cm³/mol. The molecule has 0 aliphatic heterocycles. The third-order valence-corrected chi connectivity index (χ3v) is 3.16. The van der Waals surface area contributed by atoms with Gasteiger partial charge in [0.1, 0.15) is 11.6 Å². The number of nitrogen functional groups attached to an aromatic ring is 1. The highest BCUT2D eigenvalue weighted by molar-refractivity contribution is 9.10. The first-order valence-corrected chi connectivity index (χ1v) is 6.04. The fourth-order valence-corrected chi connectivity index (χ4v) is 1.94. The molecule has 0 atom stereocenters. The van der Waals surface area contributed by atoms with Crippen LogP contribution in [0.4, 0.5) is 25.8 Å². The van der Waals surface area contributed by atoms with Crippen molar-refractivity contribution in [3.8, 4) is 0 Å². The van der Waals surface area contributed by atoms with Crippen molar-refractivity contribution in [2.45, 2.75) is 6.92 Å². The van der Waals surface area contributed by atoms with Crippen LogP contribution in [-0.2, 0) is 0 Å². The SMILES string of the molecule is Cc1cc(F)ccc1Nc1cc(F)c(Br)cc1N. The van der Waals surface area contributed by atoms with Crippen molar-refractivity contribution < 1.29 is 8.78 Å². The highest BCUT2D eigenvalue weighted by atomic mass is 79.9. The Balaban J connectivity index is 2.37. The lowest BCUT2D eigenvalue weighted by atomic mass is 10.2. The third-order valence-electron chi connectivity index (χ3n) is 2.55. The molecule has 0 saturated heterocycles. The Morgan fingerprint density at radius 1 is 1.11 bits per heavy atom. The average Bonchev–Trinajstić information content (AvgIpc) is 2.29. The minimum atomic E-state index is -0.411. The summed E-state index contributed by atoms with van der Waals surface area (Å²) in [6.07, 6.45) is 0. The summed E-state index contributed by atoms with van der Waals surface area (Å²) >= 11 is 3.06. The highest BCUT2D eigenvalue weighted by Crippen LogP contribution is 2.30. The van der Waals surface area contributed by atoms with Crippen molar-refractivity contribution in [2.24, 2.45) is 0 Å². The number of hydrogen-bond donors (Lipinski definition) is 2. The molecule has 0 radical (unpaired) electrons. The van der Waals surface area contributed by atoms with Crippen LogP contribution in [0.2, 0.25) is 0 Å². The second kappa shape index (κ2) is 4.94. The standard InChI is InChI=1S/C13H11BrF2N2/c1-7-4-8(15)2-3-12(7)18-13-6-10(16)9(14)5-11(13)17/h2-6,18H,17H2,1H3. The van der Waals surface area contributed by atoms with Gasteiger partial charge < -0.3 is 11.1 Å². The van der Waals surface area contributed by atoms with Crippen molar-refractivity contribution >= 4 is 33.0 Å². The number of aryl methyl sites for hydroxylation is 1. The van der Waals surface area contributed by atoms with Gasteiger partial charge in [-0.1, -0.05) is 0 Å². The lowest BCUT2D eigenvalue weighted by Crippen LogP contribution is -1.99. The lowest BCUT2D eigenvalue weighted by molar-refractivity contribution is 0.622. The number of halogens is 3. The van der Waals surface area contributed by atoms with E-state index < -0.39 is 5.82 Å². The van der Waals surface area contributed by atoms with Crippen LogP contribution in [0.25, 0.3) is 0 Å². The fraction of sp³-hybridized carbons (Fsp3) is 0.0769. The summed E-state index contributed by atoms with van der Waals surface area (Å²) < 4.78 is 26.7. The van der Waals surface area contributed by atoms with E-state index in [1.54, 1.807) is 13.0 Å². The van der Waals surface area contributed by atoms with Gasteiger partial charge >= 0.3 is 0 Å². The lowest BCUT2D eigenvalue weighted by Gasteiger charge is -2.12. The van der Waals surface area contributed by atoms with Crippen LogP contribution in [-0.4, -0.2) is 0 Å². The Hall–Kier alpha value is -1.62. The van der Waals surface area contributed by atoms with Crippen molar-refractivity contribution in [1.82, 2.24) is 0 Å². The van der Waals surface area contributed by atoms with E-state index in [1.165, 1.54) is 24.3 Å². The largest absolute Gasteiger partial charge is 0.397 e. The molecule has 2 aromatic carbocycles. The number of anilines is 3. The zero-order valence-electron chi connectivity index (χ0n) is 9.60. The molecular formula is C13H11BrF2N2. The number of hydrogen-bond acceptors (Lipinski definition) is 2. The Morgan fingerprint density at radius 2 is 1.83 bits per heavy atom. The first-order chi connectivity index (χ1) is 8.47. The molecule has 3 N–H and O–H groups in total. The van der Waals surface area contributed by atoms with E-state index >= 15 is 0 Å². The molecule has 0 bridgehead atoms.